The van der Waals surface area contributed by atoms with Gasteiger partial charge in [0.15, 0.2) is 6.61 Å². The zero-order valence-corrected chi connectivity index (χ0v) is 26.7. The molecule has 2 N–H and O–H groups in total. The van der Waals surface area contributed by atoms with E-state index in [1.165, 1.54) is 24.8 Å². The van der Waals surface area contributed by atoms with Crippen LogP contribution in [0, 0.1) is 5.92 Å². The normalized spacial score (nSPS) is 22.9. The fraction of sp³-hybridized carbons (Fsp3) is 0.556. The van der Waals surface area contributed by atoms with Crippen molar-refractivity contribution >= 4 is 17.5 Å². The summed E-state index contributed by atoms with van der Waals surface area (Å²) in [4.78, 5) is 37.0. The molecule has 2 aromatic carbocycles. The number of carbonyl (C=O) groups is 2. The molecule has 9 heteroatoms. The number of carbonyl (C=O) groups excluding carboxylic acids is 2. The molecule has 5 rings (SSSR count). The van der Waals surface area contributed by atoms with E-state index in [2.05, 4.69) is 57.2 Å². The third-order valence-corrected chi connectivity index (χ3v) is 10.1. The minimum atomic E-state index is -0.0518. The first-order valence-corrected chi connectivity index (χ1v) is 16.7. The van der Waals surface area contributed by atoms with Crippen LogP contribution in [0.5, 0.6) is 5.75 Å². The number of piperidine rings is 1. The Morgan fingerprint density at radius 1 is 0.956 bits per heavy atom. The maximum atomic E-state index is 13.3. The number of nitrogens with one attached hydrogen (secondary N) is 1. The number of likely N-dealkylation sites (tertiary alicyclic amines) is 1. The molecule has 1 aliphatic heterocycles. The van der Waals surface area contributed by atoms with Crippen molar-refractivity contribution in [3.63, 3.8) is 0 Å². The minimum absolute atomic E-state index is 0.0484. The van der Waals surface area contributed by atoms with Crippen molar-refractivity contribution in [2.75, 3.05) is 38.3 Å². The Morgan fingerprint density at radius 3 is 2.31 bits per heavy atom. The first kappa shape index (κ1) is 33.0. The molecule has 2 saturated carbocycles. The summed E-state index contributed by atoms with van der Waals surface area (Å²) in [5.41, 5.74) is 4.29. The van der Waals surface area contributed by atoms with E-state index in [-0.39, 0.29) is 24.5 Å². The molecule has 9 nitrogen and oxygen atoms in total. The third-order valence-electron chi connectivity index (χ3n) is 10.1. The van der Waals surface area contributed by atoms with Gasteiger partial charge in [-0.1, -0.05) is 55.7 Å². The molecule has 3 atom stereocenters. The van der Waals surface area contributed by atoms with Crippen molar-refractivity contribution in [2.24, 2.45) is 5.92 Å². The predicted octanol–water partition coefficient (Wildman–Crippen LogP) is 6.10. The van der Waals surface area contributed by atoms with E-state index in [1.807, 2.05) is 4.90 Å². The molecular formula is C36H50N4O5. The number of ether oxygens (including phenoxy) is 1. The Balaban J connectivity index is 1.18. The Hall–Kier alpha value is -3.40. The molecule has 2 amide bonds. The van der Waals surface area contributed by atoms with Crippen LogP contribution < -0.4 is 10.2 Å². The van der Waals surface area contributed by atoms with Gasteiger partial charge in [0, 0.05) is 51.2 Å². The summed E-state index contributed by atoms with van der Waals surface area (Å²) in [6.07, 6.45) is 11.7. The number of benzene rings is 2. The van der Waals surface area contributed by atoms with E-state index in [1.54, 1.807) is 37.3 Å². The fourth-order valence-electron chi connectivity index (χ4n) is 8.04. The highest BCUT2D eigenvalue weighted by molar-refractivity contribution is 5.78. The van der Waals surface area contributed by atoms with Crippen LogP contribution in [-0.4, -0.2) is 82.7 Å². The molecule has 3 fully saturated rings. The molecule has 1 saturated heterocycles. The standard InChI is InChI=1S/C36H50N4O5/c1-3-20-39(36(42)26-44-34-16-14-30(15-17-34)37-45-43)31-18-21-38(22-19-31)25-29-23-33(24-35(29)28-10-6-4-7-11-28)40(27(2)41)32-12-8-5-9-13-32/h3-4,6-7,10-11,14-17,29,31-33,35,37,43H,1,5,8-9,12-13,18-26H2,2H3/t29-,33?,35-/m1/s1. The number of hydrogen-bond donors (Lipinski definition) is 2. The van der Waals surface area contributed by atoms with Crippen LogP contribution in [0.15, 0.2) is 67.3 Å². The number of hydrogen-bond acceptors (Lipinski definition) is 7. The van der Waals surface area contributed by atoms with Gasteiger partial charge in [0.05, 0.1) is 5.69 Å². The van der Waals surface area contributed by atoms with Gasteiger partial charge in [0.2, 0.25) is 5.91 Å². The molecule has 2 aliphatic carbocycles. The monoisotopic (exact) mass is 618 g/mol. The molecular weight excluding hydrogens is 568 g/mol. The summed E-state index contributed by atoms with van der Waals surface area (Å²) in [5, 5.41) is 8.52. The second-order valence-corrected chi connectivity index (χ2v) is 13.0. The van der Waals surface area contributed by atoms with Gasteiger partial charge in [-0.3, -0.25) is 9.59 Å². The van der Waals surface area contributed by atoms with Crippen molar-refractivity contribution in [3.8, 4) is 5.75 Å². The van der Waals surface area contributed by atoms with Crippen molar-refractivity contribution in [3.05, 3.63) is 72.8 Å². The highest BCUT2D eigenvalue weighted by Crippen LogP contribution is 2.44. The summed E-state index contributed by atoms with van der Waals surface area (Å²) in [7, 11) is 0. The first-order chi connectivity index (χ1) is 22.0. The molecule has 0 spiro atoms. The van der Waals surface area contributed by atoms with Gasteiger partial charge >= 0.3 is 0 Å². The van der Waals surface area contributed by atoms with E-state index in [4.69, 9.17) is 9.99 Å². The second kappa shape index (κ2) is 16.2. The number of anilines is 1. The maximum absolute atomic E-state index is 13.3. The maximum Gasteiger partial charge on any atom is 0.261 e. The molecule has 0 aromatic heterocycles. The largest absolute Gasteiger partial charge is 0.484 e. The number of nitrogens with zero attached hydrogens (tertiary/aromatic N) is 3. The zero-order valence-electron chi connectivity index (χ0n) is 26.7. The lowest BCUT2D eigenvalue weighted by atomic mass is 9.88. The van der Waals surface area contributed by atoms with Gasteiger partial charge in [-0.15, -0.1) is 11.6 Å². The predicted molar refractivity (Wildman–Crippen MR) is 176 cm³/mol. The number of rotatable bonds is 13. The highest BCUT2D eigenvalue weighted by atomic mass is 17.2. The summed E-state index contributed by atoms with van der Waals surface area (Å²) in [6.45, 7) is 9.01. The molecule has 1 heterocycles. The smallest absolute Gasteiger partial charge is 0.261 e. The second-order valence-electron chi connectivity index (χ2n) is 13.0. The Labute approximate surface area is 268 Å². The minimum Gasteiger partial charge on any atom is -0.484 e. The molecule has 2 aromatic rings. The quantitative estimate of drug-likeness (QED) is 0.159. The van der Waals surface area contributed by atoms with Crippen LogP contribution in [0.3, 0.4) is 0 Å². The molecule has 3 aliphatic rings. The summed E-state index contributed by atoms with van der Waals surface area (Å²) in [5.74, 6) is 1.68. The Kier molecular flexibility index (Phi) is 11.9. The average molecular weight is 619 g/mol. The topological polar surface area (TPSA) is 94.6 Å². The van der Waals surface area contributed by atoms with Gasteiger partial charge in [-0.2, -0.15) is 0 Å². The lowest BCUT2D eigenvalue weighted by Crippen LogP contribution is -2.49. The fourth-order valence-corrected chi connectivity index (χ4v) is 8.04. The van der Waals surface area contributed by atoms with E-state index in [0.29, 0.717) is 41.9 Å². The SMILES string of the molecule is C=CCN(C(=O)COc1ccc(NOO)cc1)C1CCN(C[C@H]2CC(N(C(C)=O)C3CCCCC3)C[C@@H]2c2ccccc2)CC1. The summed E-state index contributed by atoms with van der Waals surface area (Å²) in [6, 6.07) is 18.5. The highest BCUT2D eigenvalue weighted by Gasteiger charge is 2.42. The third kappa shape index (κ3) is 8.66. The Bertz CT molecular complexity index is 1230. The molecule has 1 unspecified atom stereocenters. The van der Waals surface area contributed by atoms with E-state index in [9.17, 15) is 9.59 Å². The van der Waals surface area contributed by atoms with Crippen molar-refractivity contribution in [1.29, 1.82) is 0 Å². The van der Waals surface area contributed by atoms with Crippen molar-refractivity contribution in [1.82, 2.24) is 14.7 Å². The Morgan fingerprint density at radius 2 is 1.67 bits per heavy atom. The van der Waals surface area contributed by atoms with Crippen LogP contribution in [0.25, 0.3) is 0 Å². The molecule has 244 valence electrons. The lowest BCUT2D eigenvalue weighted by Gasteiger charge is -2.40. The molecule has 0 bridgehead atoms. The van der Waals surface area contributed by atoms with Crippen molar-refractivity contribution in [2.45, 2.75) is 88.8 Å². The van der Waals surface area contributed by atoms with E-state index in [0.717, 1.165) is 58.2 Å². The average Bonchev–Trinajstić information content (AvgIpc) is 3.47. The van der Waals surface area contributed by atoms with E-state index >= 15 is 0 Å². The van der Waals surface area contributed by atoms with Gasteiger partial charge in [0.25, 0.3) is 5.91 Å². The van der Waals surface area contributed by atoms with Gasteiger partial charge in [0.1, 0.15) is 5.75 Å². The molecule has 45 heavy (non-hydrogen) atoms. The van der Waals surface area contributed by atoms with Crippen LogP contribution >= 0.6 is 0 Å². The van der Waals surface area contributed by atoms with E-state index < -0.39 is 0 Å². The van der Waals surface area contributed by atoms with Crippen LogP contribution in [0.4, 0.5) is 5.69 Å². The van der Waals surface area contributed by atoms with Gasteiger partial charge in [-0.05, 0) is 80.2 Å². The van der Waals surface area contributed by atoms with Gasteiger partial charge < -0.3 is 19.4 Å². The summed E-state index contributed by atoms with van der Waals surface area (Å²) >= 11 is 0. The summed E-state index contributed by atoms with van der Waals surface area (Å²) < 4.78 is 5.78. The van der Waals surface area contributed by atoms with Gasteiger partial charge in [-0.25, -0.2) is 10.7 Å². The van der Waals surface area contributed by atoms with Crippen LogP contribution in [-0.2, 0) is 14.6 Å². The first-order valence-electron chi connectivity index (χ1n) is 16.7. The van der Waals surface area contributed by atoms with Crippen LogP contribution in [0.1, 0.15) is 76.2 Å². The lowest BCUT2D eigenvalue weighted by molar-refractivity contribution is -0.215. The molecule has 0 radical (unpaired) electrons. The van der Waals surface area contributed by atoms with Crippen molar-refractivity contribution < 1.29 is 24.6 Å². The van der Waals surface area contributed by atoms with Crippen LogP contribution in [0.2, 0.25) is 0 Å². The zero-order chi connectivity index (χ0) is 31.6. The number of amides is 2.